The predicted molar refractivity (Wildman–Crippen MR) is 71.1 cm³/mol. The van der Waals surface area contributed by atoms with Crippen LogP contribution in [0.2, 0.25) is 0 Å². The predicted octanol–water partition coefficient (Wildman–Crippen LogP) is 1.72. The summed E-state index contributed by atoms with van der Waals surface area (Å²) in [6.45, 7) is 7.92. The summed E-state index contributed by atoms with van der Waals surface area (Å²) in [6.07, 6.45) is 2.93. The van der Waals surface area contributed by atoms with Crippen molar-refractivity contribution < 1.29 is 5.11 Å². The van der Waals surface area contributed by atoms with E-state index in [-0.39, 0.29) is 6.61 Å². The van der Waals surface area contributed by atoms with Gasteiger partial charge in [-0.05, 0) is 30.7 Å². The molecule has 1 rings (SSSR count). The van der Waals surface area contributed by atoms with Gasteiger partial charge in [0.15, 0.2) is 0 Å². The van der Waals surface area contributed by atoms with Crippen LogP contribution in [0, 0.1) is 0 Å². The van der Waals surface area contributed by atoms with E-state index >= 15 is 0 Å². The Morgan fingerprint density at radius 3 is 2.88 bits per heavy atom. The molecule has 0 amide bonds. The Morgan fingerprint density at radius 2 is 2.24 bits per heavy atom. The molecule has 0 aromatic carbocycles. The molecule has 0 unspecified atom stereocenters. The third-order valence-electron chi connectivity index (χ3n) is 2.65. The molecule has 0 saturated carbocycles. The summed E-state index contributed by atoms with van der Waals surface area (Å²) in [4.78, 5) is 6.48. The number of nitrogens with zero attached hydrogens (tertiary/aromatic N) is 2. The zero-order valence-electron chi connectivity index (χ0n) is 10.8. The number of nitrogens with one attached hydrogen (secondary N) is 1. The molecule has 1 aromatic heterocycles. The minimum atomic E-state index is 0.208. The highest BCUT2D eigenvalue weighted by atomic mass is 16.3. The van der Waals surface area contributed by atoms with Crippen LogP contribution in [0.25, 0.3) is 0 Å². The van der Waals surface area contributed by atoms with Gasteiger partial charge in [-0.15, -0.1) is 0 Å². The molecule has 0 radical (unpaired) electrons. The first kappa shape index (κ1) is 13.9. The highest BCUT2D eigenvalue weighted by molar-refractivity contribution is 5.37. The lowest BCUT2D eigenvalue weighted by atomic mass is 10.2. The van der Waals surface area contributed by atoms with Crippen LogP contribution in [0.5, 0.6) is 0 Å². The maximum atomic E-state index is 8.95. The Morgan fingerprint density at radius 1 is 1.41 bits per heavy atom. The van der Waals surface area contributed by atoms with Gasteiger partial charge in [0.2, 0.25) is 0 Å². The van der Waals surface area contributed by atoms with Crippen molar-refractivity contribution in [3.05, 3.63) is 23.9 Å². The van der Waals surface area contributed by atoms with E-state index in [0.29, 0.717) is 0 Å². The number of rotatable bonds is 8. The standard InChI is InChI=1S/C13H23N3O/c1-3-6-14-13-10-12(5-7-15-13)11-16(4-2)8-9-17/h5,7,10,17H,3-4,6,8-9,11H2,1-2H3,(H,14,15). The topological polar surface area (TPSA) is 48.4 Å². The van der Waals surface area contributed by atoms with E-state index in [9.17, 15) is 0 Å². The van der Waals surface area contributed by atoms with Crippen LogP contribution in [-0.4, -0.2) is 41.2 Å². The van der Waals surface area contributed by atoms with E-state index in [2.05, 4.69) is 35.1 Å². The summed E-state index contributed by atoms with van der Waals surface area (Å²) in [5.41, 5.74) is 1.23. The Hall–Kier alpha value is -1.13. The maximum Gasteiger partial charge on any atom is 0.126 e. The van der Waals surface area contributed by atoms with Gasteiger partial charge in [-0.1, -0.05) is 13.8 Å². The van der Waals surface area contributed by atoms with E-state index < -0.39 is 0 Å². The Bertz CT molecular complexity index is 317. The zero-order valence-corrected chi connectivity index (χ0v) is 10.8. The molecule has 0 aliphatic carbocycles. The number of aliphatic hydroxyl groups is 1. The summed E-state index contributed by atoms with van der Waals surface area (Å²) < 4.78 is 0. The third kappa shape index (κ3) is 5.15. The van der Waals surface area contributed by atoms with E-state index in [1.165, 1.54) is 5.56 Å². The monoisotopic (exact) mass is 237 g/mol. The van der Waals surface area contributed by atoms with Crippen LogP contribution >= 0.6 is 0 Å². The average molecular weight is 237 g/mol. The van der Waals surface area contributed by atoms with Crippen molar-refractivity contribution in [2.75, 3.05) is 31.6 Å². The highest BCUT2D eigenvalue weighted by Gasteiger charge is 2.03. The minimum absolute atomic E-state index is 0.208. The fourth-order valence-electron chi connectivity index (χ4n) is 1.67. The molecule has 0 saturated heterocycles. The van der Waals surface area contributed by atoms with Gasteiger partial charge in [0.05, 0.1) is 6.61 Å². The number of aromatic nitrogens is 1. The molecule has 4 heteroatoms. The molecule has 2 N–H and O–H groups in total. The number of pyridine rings is 1. The Balaban J connectivity index is 2.57. The van der Waals surface area contributed by atoms with Crippen LogP contribution in [0.3, 0.4) is 0 Å². The Labute approximate surface area is 104 Å². The molecule has 0 bridgehead atoms. The second-order valence-corrected chi connectivity index (χ2v) is 4.07. The van der Waals surface area contributed by atoms with Crippen molar-refractivity contribution in [2.45, 2.75) is 26.8 Å². The summed E-state index contributed by atoms with van der Waals surface area (Å²) >= 11 is 0. The minimum Gasteiger partial charge on any atom is -0.395 e. The smallest absolute Gasteiger partial charge is 0.126 e. The fourth-order valence-corrected chi connectivity index (χ4v) is 1.67. The van der Waals surface area contributed by atoms with E-state index in [4.69, 9.17) is 5.11 Å². The first-order valence-electron chi connectivity index (χ1n) is 6.32. The molecule has 17 heavy (non-hydrogen) atoms. The number of hydrogen-bond acceptors (Lipinski definition) is 4. The van der Waals surface area contributed by atoms with Crippen molar-refractivity contribution in [1.29, 1.82) is 0 Å². The molecular weight excluding hydrogens is 214 g/mol. The van der Waals surface area contributed by atoms with Gasteiger partial charge in [0, 0.05) is 25.8 Å². The molecule has 1 heterocycles. The van der Waals surface area contributed by atoms with Gasteiger partial charge in [-0.25, -0.2) is 4.98 Å². The first-order valence-corrected chi connectivity index (χ1v) is 6.32. The normalized spacial score (nSPS) is 10.8. The molecule has 96 valence electrons. The van der Waals surface area contributed by atoms with Crippen molar-refractivity contribution in [3.63, 3.8) is 0 Å². The highest BCUT2D eigenvalue weighted by Crippen LogP contribution is 2.09. The van der Waals surface area contributed by atoms with E-state index in [1.807, 2.05) is 12.3 Å². The SMILES string of the molecule is CCCNc1cc(CN(CC)CCO)ccn1. The molecule has 0 fully saturated rings. The van der Waals surface area contributed by atoms with Gasteiger partial charge in [-0.3, -0.25) is 4.90 Å². The molecule has 0 spiro atoms. The van der Waals surface area contributed by atoms with Crippen LogP contribution in [0.4, 0.5) is 5.82 Å². The van der Waals surface area contributed by atoms with Gasteiger partial charge in [0.25, 0.3) is 0 Å². The average Bonchev–Trinajstić information content (AvgIpc) is 2.36. The molecule has 4 nitrogen and oxygen atoms in total. The summed E-state index contributed by atoms with van der Waals surface area (Å²) in [7, 11) is 0. The van der Waals surface area contributed by atoms with Gasteiger partial charge in [-0.2, -0.15) is 0 Å². The van der Waals surface area contributed by atoms with Gasteiger partial charge < -0.3 is 10.4 Å². The summed E-state index contributed by atoms with van der Waals surface area (Å²) in [6, 6.07) is 4.10. The zero-order chi connectivity index (χ0) is 12.5. The van der Waals surface area contributed by atoms with Crippen LogP contribution < -0.4 is 5.32 Å². The second-order valence-electron chi connectivity index (χ2n) is 4.07. The second kappa shape index (κ2) is 8.03. The molecule has 1 aromatic rings. The molecule has 0 atom stereocenters. The lowest BCUT2D eigenvalue weighted by Crippen LogP contribution is -2.26. The lowest BCUT2D eigenvalue weighted by molar-refractivity contribution is 0.197. The maximum absolute atomic E-state index is 8.95. The van der Waals surface area contributed by atoms with Crippen molar-refractivity contribution >= 4 is 5.82 Å². The van der Waals surface area contributed by atoms with Crippen LogP contribution in [-0.2, 0) is 6.54 Å². The third-order valence-corrected chi connectivity index (χ3v) is 2.65. The first-order chi connectivity index (χ1) is 8.30. The molecular formula is C13H23N3O. The summed E-state index contributed by atoms with van der Waals surface area (Å²) in [5, 5.41) is 12.2. The van der Waals surface area contributed by atoms with Crippen LogP contribution in [0.15, 0.2) is 18.3 Å². The van der Waals surface area contributed by atoms with Crippen molar-refractivity contribution in [1.82, 2.24) is 9.88 Å². The van der Waals surface area contributed by atoms with Crippen LogP contribution in [0.1, 0.15) is 25.8 Å². The fraction of sp³-hybridized carbons (Fsp3) is 0.615. The van der Waals surface area contributed by atoms with Crippen molar-refractivity contribution in [3.8, 4) is 0 Å². The summed E-state index contributed by atoms with van der Waals surface area (Å²) in [5.74, 6) is 0.935. The van der Waals surface area contributed by atoms with E-state index in [1.54, 1.807) is 0 Å². The quantitative estimate of drug-likeness (QED) is 0.723. The van der Waals surface area contributed by atoms with Crippen molar-refractivity contribution in [2.24, 2.45) is 0 Å². The number of hydrogen-bond donors (Lipinski definition) is 2. The number of anilines is 1. The van der Waals surface area contributed by atoms with Gasteiger partial charge in [0.1, 0.15) is 5.82 Å². The largest absolute Gasteiger partial charge is 0.395 e. The molecule has 0 aliphatic heterocycles. The van der Waals surface area contributed by atoms with Gasteiger partial charge >= 0.3 is 0 Å². The Kier molecular flexibility index (Phi) is 6.58. The molecule has 0 aliphatic rings. The van der Waals surface area contributed by atoms with E-state index in [0.717, 1.165) is 38.4 Å². The number of likely N-dealkylation sites (N-methyl/N-ethyl adjacent to an activating group) is 1. The number of aliphatic hydroxyl groups excluding tert-OH is 1. The lowest BCUT2D eigenvalue weighted by Gasteiger charge is -2.19.